The molecule has 0 bridgehead atoms. The molecule has 0 nitrogen and oxygen atoms in total. The van der Waals surface area contributed by atoms with E-state index in [0.717, 1.165) is 11.8 Å². The molecule has 0 heteroatoms. The minimum atomic E-state index is 0.379. The summed E-state index contributed by atoms with van der Waals surface area (Å²) in [6.45, 7) is 9.37. The van der Waals surface area contributed by atoms with Crippen LogP contribution in [0.3, 0.4) is 0 Å². The number of hydrogen-bond donors (Lipinski definition) is 0. The number of rotatable bonds is 2. The summed E-state index contributed by atoms with van der Waals surface area (Å²) >= 11 is 0. The van der Waals surface area contributed by atoms with Crippen LogP contribution in [-0.4, -0.2) is 0 Å². The third-order valence-corrected chi connectivity index (χ3v) is 4.24. The summed E-state index contributed by atoms with van der Waals surface area (Å²) in [6, 6.07) is 9.24. The van der Waals surface area contributed by atoms with Crippen molar-refractivity contribution in [2.24, 2.45) is 11.3 Å². The smallest absolute Gasteiger partial charge is 0.00849 e. The van der Waals surface area contributed by atoms with Gasteiger partial charge in [-0.1, -0.05) is 63.4 Å². The molecule has 0 aromatic heterocycles. The summed E-state index contributed by atoms with van der Waals surface area (Å²) in [6.07, 6.45) is 5.72. The van der Waals surface area contributed by atoms with Crippen molar-refractivity contribution < 1.29 is 0 Å². The molecule has 94 valence electrons. The van der Waals surface area contributed by atoms with Crippen LogP contribution in [0.5, 0.6) is 0 Å². The second-order valence-corrected chi connectivity index (χ2v) is 6.80. The van der Waals surface area contributed by atoms with E-state index in [0.29, 0.717) is 5.41 Å². The molecule has 2 rings (SSSR count). The number of aryl methyl sites for hydroxylation is 1. The average molecular weight is 230 g/mol. The standard InChI is InChI=1S/C17H26/c1-13-9-11-15(12-10-13)16(17(2,3)4)14-7-5-6-8-14/h9-12,14,16H,5-8H2,1-4H3. The zero-order valence-electron chi connectivity index (χ0n) is 11.8. The minimum Gasteiger partial charge on any atom is -0.0596 e. The molecule has 1 unspecified atom stereocenters. The van der Waals surface area contributed by atoms with Crippen molar-refractivity contribution >= 4 is 0 Å². The lowest BCUT2D eigenvalue weighted by Crippen LogP contribution is -2.24. The molecule has 0 heterocycles. The molecular formula is C17H26. The van der Waals surface area contributed by atoms with Gasteiger partial charge < -0.3 is 0 Å². The van der Waals surface area contributed by atoms with Gasteiger partial charge in [-0.25, -0.2) is 0 Å². The normalized spacial score (nSPS) is 19.5. The van der Waals surface area contributed by atoms with E-state index in [9.17, 15) is 0 Å². The van der Waals surface area contributed by atoms with Crippen LogP contribution in [0.2, 0.25) is 0 Å². The quantitative estimate of drug-likeness (QED) is 0.645. The molecular weight excluding hydrogens is 204 g/mol. The van der Waals surface area contributed by atoms with E-state index in [1.165, 1.54) is 31.2 Å². The molecule has 1 atom stereocenters. The van der Waals surface area contributed by atoms with Gasteiger partial charge in [0.05, 0.1) is 0 Å². The molecule has 0 N–H and O–H groups in total. The molecule has 1 aromatic carbocycles. The van der Waals surface area contributed by atoms with E-state index in [1.54, 1.807) is 5.56 Å². The van der Waals surface area contributed by atoms with Gasteiger partial charge in [-0.2, -0.15) is 0 Å². The summed E-state index contributed by atoms with van der Waals surface area (Å²) in [5.74, 6) is 1.63. The SMILES string of the molecule is Cc1ccc(C(C2CCCC2)C(C)(C)C)cc1. The maximum Gasteiger partial charge on any atom is -0.00849 e. The Balaban J connectivity index is 2.29. The Morgan fingerprint density at radius 2 is 1.53 bits per heavy atom. The van der Waals surface area contributed by atoms with Crippen molar-refractivity contribution in [2.45, 2.75) is 59.3 Å². The van der Waals surface area contributed by atoms with Crippen LogP contribution in [0.15, 0.2) is 24.3 Å². The van der Waals surface area contributed by atoms with Crippen molar-refractivity contribution in [1.29, 1.82) is 0 Å². The van der Waals surface area contributed by atoms with Crippen molar-refractivity contribution in [1.82, 2.24) is 0 Å². The third kappa shape index (κ3) is 2.91. The molecule has 0 amide bonds. The lowest BCUT2D eigenvalue weighted by molar-refractivity contribution is 0.236. The van der Waals surface area contributed by atoms with E-state index in [4.69, 9.17) is 0 Å². The highest BCUT2D eigenvalue weighted by Gasteiger charge is 2.34. The summed E-state index contributed by atoms with van der Waals surface area (Å²) in [4.78, 5) is 0. The lowest BCUT2D eigenvalue weighted by Gasteiger charge is -2.36. The van der Waals surface area contributed by atoms with Crippen LogP contribution in [0.25, 0.3) is 0 Å². The molecule has 0 radical (unpaired) electrons. The first-order chi connectivity index (χ1) is 7.98. The van der Waals surface area contributed by atoms with Crippen molar-refractivity contribution in [2.75, 3.05) is 0 Å². The van der Waals surface area contributed by atoms with E-state index >= 15 is 0 Å². The Bertz CT molecular complexity index is 347. The first-order valence-electron chi connectivity index (χ1n) is 7.05. The molecule has 1 aliphatic carbocycles. The Hall–Kier alpha value is -0.780. The molecule has 1 saturated carbocycles. The second kappa shape index (κ2) is 4.84. The van der Waals surface area contributed by atoms with Crippen LogP contribution >= 0.6 is 0 Å². The zero-order valence-corrected chi connectivity index (χ0v) is 11.8. The minimum absolute atomic E-state index is 0.379. The van der Waals surface area contributed by atoms with Crippen LogP contribution in [0, 0.1) is 18.3 Å². The predicted octanol–water partition coefficient (Wildman–Crippen LogP) is 5.31. The van der Waals surface area contributed by atoms with E-state index in [2.05, 4.69) is 52.0 Å². The van der Waals surface area contributed by atoms with Crippen molar-refractivity contribution in [3.8, 4) is 0 Å². The predicted molar refractivity (Wildman–Crippen MR) is 75.3 cm³/mol. The fourth-order valence-corrected chi connectivity index (χ4v) is 3.54. The molecule has 1 fully saturated rings. The van der Waals surface area contributed by atoms with E-state index < -0.39 is 0 Å². The van der Waals surface area contributed by atoms with Gasteiger partial charge in [0.1, 0.15) is 0 Å². The fourth-order valence-electron chi connectivity index (χ4n) is 3.54. The summed E-state index contributed by atoms with van der Waals surface area (Å²) in [5, 5.41) is 0. The third-order valence-electron chi connectivity index (χ3n) is 4.24. The van der Waals surface area contributed by atoms with Crippen LogP contribution in [-0.2, 0) is 0 Å². The summed E-state index contributed by atoms with van der Waals surface area (Å²) in [7, 11) is 0. The highest BCUT2D eigenvalue weighted by molar-refractivity contribution is 5.26. The maximum absolute atomic E-state index is 2.40. The van der Waals surface area contributed by atoms with Crippen molar-refractivity contribution in [3.05, 3.63) is 35.4 Å². The Morgan fingerprint density at radius 3 is 2.00 bits per heavy atom. The largest absolute Gasteiger partial charge is 0.0596 e. The Morgan fingerprint density at radius 1 is 1.00 bits per heavy atom. The average Bonchev–Trinajstić information content (AvgIpc) is 2.72. The van der Waals surface area contributed by atoms with Gasteiger partial charge in [0.2, 0.25) is 0 Å². The van der Waals surface area contributed by atoms with E-state index in [-0.39, 0.29) is 0 Å². The van der Waals surface area contributed by atoms with Crippen LogP contribution < -0.4 is 0 Å². The lowest BCUT2D eigenvalue weighted by atomic mass is 9.69. The highest BCUT2D eigenvalue weighted by Crippen LogP contribution is 2.47. The number of hydrogen-bond acceptors (Lipinski definition) is 0. The topological polar surface area (TPSA) is 0 Å². The van der Waals surface area contributed by atoms with Gasteiger partial charge in [-0.05, 0) is 42.6 Å². The van der Waals surface area contributed by atoms with Gasteiger partial charge in [-0.15, -0.1) is 0 Å². The molecule has 17 heavy (non-hydrogen) atoms. The molecule has 0 saturated heterocycles. The van der Waals surface area contributed by atoms with Gasteiger partial charge in [0, 0.05) is 0 Å². The molecule has 1 aliphatic rings. The summed E-state index contributed by atoms with van der Waals surface area (Å²) in [5.41, 5.74) is 3.30. The fraction of sp³-hybridized carbons (Fsp3) is 0.647. The van der Waals surface area contributed by atoms with Gasteiger partial charge in [-0.3, -0.25) is 0 Å². The molecule has 0 spiro atoms. The number of benzene rings is 1. The molecule has 1 aromatic rings. The maximum atomic E-state index is 2.40. The van der Waals surface area contributed by atoms with E-state index in [1.807, 2.05) is 0 Å². The van der Waals surface area contributed by atoms with Crippen LogP contribution in [0.4, 0.5) is 0 Å². The van der Waals surface area contributed by atoms with Gasteiger partial charge in [0.15, 0.2) is 0 Å². The summed E-state index contributed by atoms with van der Waals surface area (Å²) < 4.78 is 0. The first-order valence-corrected chi connectivity index (χ1v) is 7.05. The highest BCUT2D eigenvalue weighted by atomic mass is 14.4. The second-order valence-electron chi connectivity index (χ2n) is 6.80. The van der Waals surface area contributed by atoms with Crippen molar-refractivity contribution in [3.63, 3.8) is 0 Å². The Labute approximate surface area is 106 Å². The van der Waals surface area contributed by atoms with Gasteiger partial charge in [0.25, 0.3) is 0 Å². The Kier molecular flexibility index (Phi) is 3.61. The zero-order chi connectivity index (χ0) is 12.5. The molecule has 0 aliphatic heterocycles. The monoisotopic (exact) mass is 230 g/mol. The first kappa shape index (κ1) is 12.7. The van der Waals surface area contributed by atoms with Crippen LogP contribution in [0.1, 0.15) is 63.5 Å². The van der Waals surface area contributed by atoms with Gasteiger partial charge >= 0.3 is 0 Å².